The molecular formula is C25H27F3N6O3. The summed E-state index contributed by atoms with van der Waals surface area (Å²) in [6.07, 6.45) is 1.14. The van der Waals surface area contributed by atoms with Gasteiger partial charge in [-0.1, -0.05) is 12.1 Å². The van der Waals surface area contributed by atoms with Gasteiger partial charge in [0.15, 0.2) is 0 Å². The molecule has 0 atom stereocenters. The minimum atomic E-state index is -4.44. The lowest BCUT2D eigenvalue weighted by Crippen LogP contribution is -2.39. The topological polar surface area (TPSA) is 87.3 Å². The van der Waals surface area contributed by atoms with Gasteiger partial charge in [0.25, 0.3) is 0 Å². The largest absolute Gasteiger partial charge is 0.493 e. The summed E-state index contributed by atoms with van der Waals surface area (Å²) in [4.78, 5) is 18.1. The standard InChI is InChI=1S/C25H27F3N6O3/c1-24(2,3)37-23(35)32-9-6-16(7-10-32)17-4-5-21-18(12-17)19-13-33(31-20(19)8-11-36-21)22-29-15-30-34(22)14-25(26,27)28/h4-6,12-13,15H,7-11,14H2,1-3H3. The lowest BCUT2D eigenvalue weighted by Gasteiger charge is -2.29. The fourth-order valence-electron chi connectivity index (χ4n) is 4.39. The second-order valence-corrected chi connectivity index (χ2v) is 9.98. The average molecular weight is 517 g/mol. The lowest BCUT2D eigenvalue weighted by atomic mass is 9.95. The van der Waals surface area contributed by atoms with Crippen LogP contribution in [0.2, 0.25) is 0 Å². The quantitative estimate of drug-likeness (QED) is 0.504. The van der Waals surface area contributed by atoms with Crippen molar-refractivity contribution < 1.29 is 27.4 Å². The first-order valence-corrected chi connectivity index (χ1v) is 11.9. The van der Waals surface area contributed by atoms with Crippen LogP contribution in [0.1, 0.15) is 38.4 Å². The molecule has 0 fully saturated rings. The molecule has 1 aromatic carbocycles. The minimum absolute atomic E-state index is 0.0127. The first-order valence-electron chi connectivity index (χ1n) is 11.9. The van der Waals surface area contributed by atoms with E-state index in [-0.39, 0.29) is 12.0 Å². The first kappa shape index (κ1) is 24.8. The molecule has 4 heterocycles. The third-order valence-electron chi connectivity index (χ3n) is 6.02. The Balaban J connectivity index is 1.43. The van der Waals surface area contributed by atoms with Crippen LogP contribution in [0, 0.1) is 0 Å². The Morgan fingerprint density at radius 3 is 2.68 bits per heavy atom. The van der Waals surface area contributed by atoms with E-state index in [0.717, 1.165) is 33.3 Å². The molecule has 0 unspecified atom stereocenters. The van der Waals surface area contributed by atoms with Gasteiger partial charge in [-0.25, -0.2) is 14.2 Å². The molecule has 37 heavy (non-hydrogen) atoms. The highest BCUT2D eigenvalue weighted by Crippen LogP contribution is 2.38. The summed E-state index contributed by atoms with van der Waals surface area (Å²) < 4.78 is 52.5. The number of benzene rings is 1. The van der Waals surface area contributed by atoms with Gasteiger partial charge in [0, 0.05) is 36.8 Å². The Kier molecular flexibility index (Phi) is 6.20. The molecule has 9 nitrogen and oxygen atoms in total. The molecule has 1 amide bonds. The van der Waals surface area contributed by atoms with Crippen molar-refractivity contribution in [3.05, 3.63) is 48.1 Å². The van der Waals surface area contributed by atoms with Gasteiger partial charge in [-0.3, -0.25) is 0 Å². The van der Waals surface area contributed by atoms with E-state index in [0.29, 0.717) is 44.0 Å². The predicted octanol–water partition coefficient (Wildman–Crippen LogP) is 4.65. The van der Waals surface area contributed by atoms with Gasteiger partial charge < -0.3 is 14.4 Å². The maximum absolute atomic E-state index is 13.0. The molecule has 0 saturated carbocycles. The highest BCUT2D eigenvalue weighted by Gasteiger charge is 2.31. The van der Waals surface area contributed by atoms with Gasteiger partial charge in [0.05, 0.1) is 12.3 Å². The molecule has 5 rings (SSSR count). The van der Waals surface area contributed by atoms with E-state index in [1.165, 1.54) is 4.68 Å². The van der Waals surface area contributed by atoms with E-state index in [1.807, 2.05) is 45.0 Å². The van der Waals surface area contributed by atoms with Crippen LogP contribution in [-0.4, -0.2) is 67.0 Å². The summed E-state index contributed by atoms with van der Waals surface area (Å²) in [5, 5.41) is 8.23. The summed E-state index contributed by atoms with van der Waals surface area (Å²) in [6.45, 7) is 5.62. The first-order chi connectivity index (χ1) is 17.5. The number of carbonyl (C=O) groups is 1. The Labute approximate surface area is 211 Å². The lowest BCUT2D eigenvalue weighted by molar-refractivity contribution is -0.142. The molecule has 0 spiro atoms. The molecule has 2 aromatic heterocycles. The monoisotopic (exact) mass is 516 g/mol. The molecule has 0 bridgehead atoms. The van der Waals surface area contributed by atoms with Crippen molar-refractivity contribution in [2.24, 2.45) is 0 Å². The molecular weight excluding hydrogens is 489 g/mol. The average Bonchev–Trinajstić information content (AvgIpc) is 3.40. The van der Waals surface area contributed by atoms with E-state index >= 15 is 0 Å². The number of rotatable bonds is 3. The van der Waals surface area contributed by atoms with Crippen molar-refractivity contribution in [2.75, 3.05) is 19.7 Å². The van der Waals surface area contributed by atoms with Crippen LogP contribution in [0.15, 0.2) is 36.8 Å². The number of ether oxygens (including phenoxy) is 2. The number of fused-ring (bicyclic) bond motifs is 3. The second-order valence-electron chi connectivity index (χ2n) is 9.98. The molecule has 196 valence electrons. The van der Waals surface area contributed by atoms with Crippen LogP contribution in [-0.2, 0) is 17.7 Å². The van der Waals surface area contributed by atoms with E-state index in [4.69, 9.17) is 9.47 Å². The number of amides is 1. The van der Waals surface area contributed by atoms with Crippen molar-refractivity contribution >= 4 is 11.7 Å². The van der Waals surface area contributed by atoms with E-state index in [2.05, 4.69) is 15.2 Å². The number of aromatic nitrogens is 5. The third kappa shape index (κ3) is 5.47. The van der Waals surface area contributed by atoms with Gasteiger partial charge in [0.1, 0.15) is 24.2 Å². The van der Waals surface area contributed by atoms with Crippen LogP contribution in [0.4, 0.5) is 18.0 Å². The summed E-state index contributed by atoms with van der Waals surface area (Å²) >= 11 is 0. The summed E-state index contributed by atoms with van der Waals surface area (Å²) in [7, 11) is 0. The molecule has 0 saturated heterocycles. The van der Waals surface area contributed by atoms with Crippen LogP contribution in [0.5, 0.6) is 5.75 Å². The highest BCUT2D eigenvalue weighted by molar-refractivity contribution is 5.79. The van der Waals surface area contributed by atoms with Crippen LogP contribution < -0.4 is 4.74 Å². The summed E-state index contributed by atoms with van der Waals surface area (Å²) in [5.74, 6) is 0.659. The van der Waals surface area contributed by atoms with Gasteiger partial charge in [0.2, 0.25) is 5.95 Å². The highest BCUT2D eigenvalue weighted by atomic mass is 19.4. The molecule has 2 aliphatic rings. The van der Waals surface area contributed by atoms with Crippen molar-refractivity contribution in [3.63, 3.8) is 0 Å². The zero-order chi connectivity index (χ0) is 26.4. The maximum atomic E-state index is 13.0. The van der Waals surface area contributed by atoms with E-state index < -0.39 is 18.3 Å². The number of halogens is 3. The van der Waals surface area contributed by atoms with Crippen molar-refractivity contribution in [3.8, 4) is 22.8 Å². The van der Waals surface area contributed by atoms with Gasteiger partial charge >= 0.3 is 12.3 Å². The smallest absolute Gasteiger partial charge is 0.410 e. The van der Waals surface area contributed by atoms with Crippen molar-refractivity contribution in [1.82, 2.24) is 29.4 Å². The Morgan fingerprint density at radius 2 is 1.97 bits per heavy atom. The van der Waals surface area contributed by atoms with E-state index in [1.54, 1.807) is 11.1 Å². The molecule has 0 radical (unpaired) electrons. The van der Waals surface area contributed by atoms with Gasteiger partial charge in [-0.05, 0) is 50.5 Å². The fraction of sp³-hybridized carbons (Fsp3) is 0.440. The number of nitrogens with zero attached hydrogens (tertiary/aromatic N) is 6. The van der Waals surface area contributed by atoms with Crippen LogP contribution in [0.3, 0.4) is 0 Å². The van der Waals surface area contributed by atoms with E-state index in [9.17, 15) is 18.0 Å². The number of hydrogen-bond acceptors (Lipinski definition) is 6. The van der Waals surface area contributed by atoms with Gasteiger partial charge in [-0.2, -0.15) is 28.4 Å². The Bertz CT molecular complexity index is 1350. The Hall–Kier alpha value is -3.83. The molecule has 2 aliphatic heterocycles. The molecule has 0 N–H and O–H groups in total. The maximum Gasteiger partial charge on any atom is 0.410 e. The zero-order valence-electron chi connectivity index (χ0n) is 20.7. The second kappa shape index (κ2) is 9.24. The van der Waals surface area contributed by atoms with Crippen LogP contribution >= 0.6 is 0 Å². The molecule has 12 heteroatoms. The summed E-state index contributed by atoms with van der Waals surface area (Å²) in [5.41, 5.74) is 3.78. The normalized spacial score (nSPS) is 15.8. The minimum Gasteiger partial charge on any atom is -0.493 e. The fourth-order valence-corrected chi connectivity index (χ4v) is 4.39. The SMILES string of the molecule is CC(C)(C)OC(=O)N1CC=C(c2ccc3c(c2)-c2cn(-c4ncnn4CC(F)(F)F)nc2CCO3)CC1. The molecule has 0 aliphatic carbocycles. The molecule has 3 aromatic rings. The number of carbonyl (C=O) groups excluding carboxylic acids is 1. The van der Waals surface area contributed by atoms with Crippen molar-refractivity contribution in [1.29, 1.82) is 0 Å². The predicted molar refractivity (Wildman–Crippen MR) is 128 cm³/mol. The van der Waals surface area contributed by atoms with Crippen molar-refractivity contribution in [2.45, 2.75) is 51.9 Å². The zero-order valence-corrected chi connectivity index (χ0v) is 20.7. The van der Waals surface area contributed by atoms with Crippen LogP contribution in [0.25, 0.3) is 22.6 Å². The number of alkyl halides is 3. The summed E-state index contributed by atoms with van der Waals surface area (Å²) in [6, 6.07) is 5.87. The van der Waals surface area contributed by atoms with Gasteiger partial charge in [-0.15, -0.1) is 0 Å². The third-order valence-corrected chi connectivity index (χ3v) is 6.02. The Morgan fingerprint density at radius 1 is 1.16 bits per heavy atom. The number of hydrogen-bond donors (Lipinski definition) is 0.